The molecular weight excluding hydrogens is 261 g/mol. The normalized spacial score (nSPS) is 14.1. The molecule has 0 saturated heterocycles. The molecule has 1 rings (SSSR count). The fourth-order valence-electron chi connectivity index (χ4n) is 0.959. The number of nitrogens with one attached hydrogen (secondary N) is 1. The van der Waals surface area contributed by atoms with Crippen molar-refractivity contribution >= 4 is 17.7 Å². The first-order valence-electron chi connectivity index (χ1n) is 3.74. The van der Waals surface area contributed by atoms with Gasteiger partial charge >= 0.3 is 0 Å². The van der Waals surface area contributed by atoms with Gasteiger partial charge in [-0.25, -0.2) is 0 Å². The third kappa shape index (κ3) is 3.59. The van der Waals surface area contributed by atoms with Crippen LogP contribution in [0, 0.1) is 6.92 Å². The van der Waals surface area contributed by atoms with Crippen molar-refractivity contribution in [3.05, 3.63) is 19.1 Å². The Bertz CT molecular complexity index is 270. The molecule has 0 saturated carbocycles. The van der Waals surface area contributed by atoms with Gasteiger partial charge in [0.2, 0.25) is 0 Å². The van der Waals surface area contributed by atoms with Crippen molar-refractivity contribution in [1.29, 1.82) is 0 Å². The monoisotopic (exact) mass is 270 g/mol. The van der Waals surface area contributed by atoms with E-state index in [1.54, 1.807) is 0 Å². The van der Waals surface area contributed by atoms with E-state index < -0.39 is 5.91 Å². The van der Waals surface area contributed by atoms with Crippen LogP contribution in [0.3, 0.4) is 0 Å². The maximum absolute atomic E-state index is 11.0. The van der Waals surface area contributed by atoms with Gasteiger partial charge in [0.05, 0.1) is 5.91 Å². The van der Waals surface area contributed by atoms with E-state index in [4.69, 9.17) is 0 Å². The number of nitrogens with zero attached hydrogens (tertiary/aromatic N) is 1. The van der Waals surface area contributed by atoms with Crippen molar-refractivity contribution in [2.24, 2.45) is 0 Å². The van der Waals surface area contributed by atoms with Crippen molar-refractivity contribution in [3.8, 4) is 0 Å². The van der Waals surface area contributed by atoms with E-state index >= 15 is 0 Å². The first kappa shape index (κ1) is 13.3. The summed E-state index contributed by atoms with van der Waals surface area (Å²) in [5, 5.41) is 2.39. The predicted octanol–water partition coefficient (Wildman–Crippen LogP) is -1.14. The van der Waals surface area contributed by atoms with Crippen LogP contribution in [0.4, 0.5) is 0 Å². The largest absolute Gasteiger partial charge is 0.379 e. The number of hydrogen-bond acceptors (Lipinski definition) is 3. The number of carbonyl (C=O) groups is 3. The summed E-state index contributed by atoms with van der Waals surface area (Å²) in [5.74, 6) is -1.11. The number of amides is 3. The number of rotatable bonds is 3. The first-order valence-corrected chi connectivity index (χ1v) is 3.74. The van der Waals surface area contributed by atoms with Gasteiger partial charge in [-0.1, -0.05) is 0 Å². The molecule has 73 valence electrons. The zero-order chi connectivity index (χ0) is 9.84. The van der Waals surface area contributed by atoms with Gasteiger partial charge in [0.25, 0.3) is 11.8 Å². The molecule has 0 aromatic heterocycles. The summed E-state index contributed by atoms with van der Waals surface area (Å²) in [6.07, 6.45) is 2.41. The van der Waals surface area contributed by atoms with Gasteiger partial charge in [0, 0.05) is 58.0 Å². The smallest absolute Gasteiger partial charge is 0.253 e. The third-order valence-corrected chi connectivity index (χ3v) is 1.56. The molecule has 6 heteroatoms. The predicted molar refractivity (Wildman–Crippen MR) is 44.2 cm³/mol. The standard InChI is InChI=1S/C8H9N2O3.Y/c1-6(11)9-4-5-10-7(12)2-3-8(10)13;/h2-3H,1,4-5H2,(H,9,11);/q-1;. The topological polar surface area (TPSA) is 66.5 Å². The van der Waals surface area contributed by atoms with Crippen LogP contribution in [0.15, 0.2) is 12.2 Å². The van der Waals surface area contributed by atoms with Gasteiger partial charge in [-0.3, -0.25) is 14.5 Å². The minimum absolute atomic E-state index is 0. The Balaban J connectivity index is 0.00000169. The molecule has 1 N–H and O–H groups in total. The third-order valence-electron chi connectivity index (χ3n) is 1.56. The fraction of sp³-hybridized carbons (Fsp3) is 0.250. The Hall–Kier alpha value is -0.676. The summed E-state index contributed by atoms with van der Waals surface area (Å²) in [6, 6.07) is 0. The van der Waals surface area contributed by atoms with E-state index in [2.05, 4.69) is 12.2 Å². The van der Waals surface area contributed by atoms with Gasteiger partial charge in [-0.2, -0.15) is 0 Å². The summed E-state index contributed by atoms with van der Waals surface area (Å²) < 4.78 is 0. The Morgan fingerprint density at radius 1 is 1.36 bits per heavy atom. The number of carbonyl (C=O) groups excluding carboxylic acids is 3. The molecular formula is C8H9N2O3Y-. The Morgan fingerprint density at radius 3 is 2.29 bits per heavy atom. The van der Waals surface area contributed by atoms with E-state index in [-0.39, 0.29) is 57.6 Å². The average molecular weight is 270 g/mol. The summed E-state index contributed by atoms with van der Waals surface area (Å²) in [6.45, 7) is 3.51. The zero-order valence-electron chi connectivity index (χ0n) is 7.53. The van der Waals surface area contributed by atoms with Gasteiger partial charge in [0.1, 0.15) is 0 Å². The summed E-state index contributed by atoms with van der Waals surface area (Å²) in [7, 11) is 0. The van der Waals surface area contributed by atoms with Crippen molar-refractivity contribution < 1.29 is 47.1 Å². The van der Waals surface area contributed by atoms with E-state index in [0.717, 1.165) is 4.90 Å². The Labute approximate surface area is 107 Å². The maximum Gasteiger partial charge on any atom is 0.253 e. The van der Waals surface area contributed by atoms with Gasteiger partial charge in [0.15, 0.2) is 0 Å². The molecule has 0 aromatic carbocycles. The molecule has 14 heavy (non-hydrogen) atoms. The zero-order valence-corrected chi connectivity index (χ0v) is 10.4. The molecule has 5 nitrogen and oxygen atoms in total. The van der Waals surface area contributed by atoms with Crippen LogP contribution in [0.25, 0.3) is 0 Å². The van der Waals surface area contributed by atoms with E-state index in [1.807, 2.05) is 0 Å². The van der Waals surface area contributed by atoms with E-state index in [0.29, 0.717) is 0 Å². The SMILES string of the molecule is [CH2-]C(=O)NCCN1C(=O)C=CC1=O.[Y]. The van der Waals surface area contributed by atoms with E-state index in [1.165, 1.54) is 12.2 Å². The molecule has 0 aliphatic carbocycles. The summed E-state index contributed by atoms with van der Waals surface area (Å²) >= 11 is 0. The molecule has 1 radical (unpaired) electrons. The Morgan fingerprint density at radius 2 is 1.86 bits per heavy atom. The van der Waals surface area contributed by atoms with Crippen LogP contribution < -0.4 is 5.32 Å². The molecule has 3 amide bonds. The van der Waals surface area contributed by atoms with Crippen LogP contribution >= 0.6 is 0 Å². The minimum atomic E-state index is -0.424. The summed E-state index contributed by atoms with van der Waals surface area (Å²) in [4.78, 5) is 33.3. The fourth-order valence-corrected chi connectivity index (χ4v) is 0.959. The van der Waals surface area contributed by atoms with Crippen molar-refractivity contribution in [2.75, 3.05) is 13.1 Å². The number of hydrogen-bond donors (Lipinski definition) is 1. The maximum atomic E-state index is 11.0. The second-order valence-corrected chi connectivity index (χ2v) is 2.51. The molecule has 1 aliphatic rings. The molecule has 0 bridgehead atoms. The second kappa shape index (κ2) is 5.93. The first-order chi connectivity index (χ1) is 6.11. The quantitative estimate of drug-likeness (QED) is 0.520. The van der Waals surface area contributed by atoms with Crippen LogP contribution in [0.5, 0.6) is 0 Å². The molecule has 1 aliphatic heterocycles. The Kier molecular flexibility index (Phi) is 5.64. The second-order valence-electron chi connectivity index (χ2n) is 2.51. The van der Waals surface area contributed by atoms with Gasteiger partial charge < -0.3 is 17.0 Å². The van der Waals surface area contributed by atoms with Crippen LogP contribution in [-0.4, -0.2) is 35.7 Å². The van der Waals surface area contributed by atoms with Crippen molar-refractivity contribution in [1.82, 2.24) is 10.2 Å². The van der Waals surface area contributed by atoms with Crippen LogP contribution in [0.2, 0.25) is 0 Å². The van der Waals surface area contributed by atoms with Crippen LogP contribution in [0.1, 0.15) is 0 Å². The van der Waals surface area contributed by atoms with Gasteiger partial charge in [-0.15, -0.1) is 0 Å². The average Bonchev–Trinajstić information content (AvgIpc) is 2.34. The molecule has 0 spiro atoms. The van der Waals surface area contributed by atoms with Crippen molar-refractivity contribution in [2.45, 2.75) is 0 Å². The summed E-state index contributed by atoms with van der Waals surface area (Å²) in [5.41, 5.74) is 0. The van der Waals surface area contributed by atoms with Crippen LogP contribution in [-0.2, 0) is 47.1 Å². The van der Waals surface area contributed by atoms with Crippen molar-refractivity contribution in [3.63, 3.8) is 0 Å². The van der Waals surface area contributed by atoms with E-state index in [9.17, 15) is 14.4 Å². The molecule has 0 aromatic rings. The molecule has 0 fully saturated rings. The molecule has 0 unspecified atom stereocenters. The van der Waals surface area contributed by atoms with Gasteiger partial charge in [-0.05, 0) is 0 Å². The molecule has 1 heterocycles. The number of imide groups is 1. The minimum Gasteiger partial charge on any atom is -0.379 e. The molecule has 0 atom stereocenters.